The molecule has 11 heteroatoms. The van der Waals surface area contributed by atoms with Gasteiger partial charge in [0.2, 0.25) is 0 Å². The minimum absolute atomic E-state index is 0.133. The van der Waals surface area contributed by atoms with Gasteiger partial charge in [-0.25, -0.2) is 8.78 Å². The molecule has 0 atom stereocenters. The quantitative estimate of drug-likeness (QED) is 0.714. The third kappa shape index (κ3) is 3.91. The second-order valence-electron chi connectivity index (χ2n) is 3.04. The van der Waals surface area contributed by atoms with Gasteiger partial charge < -0.3 is 4.74 Å². The minimum atomic E-state index is -5.32. The lowest BCUT2D eigenvalue weighted by atomic mass is 10.2. The Labute approximate surface area is 108 Å². The Bertz CT molecular complexity index is 469. The average Bonchev–Trinajstić information content (AvgIpc) is 2.16. The summed E-state index contributed by atoms with van der Waals surface area (Å²) in [5, 5.41) is 0. The molecule has 1 heterocycles. The van der Waals surface area contributed by atoms with Crippen LogP contribution in [-0.4, -0.2) is 11.3 Å². The van der Waals surface area contributed by atoms with Gasteiger partial charge in [-0.05, 0) is 15.9 Å². The van der Waals surface area contributed by atoms with Crippen molar-refractivity contribution in [1.82, 2.24) is 4.98 Å². The molecule has 0 N–H and O–H groups in total. The first-order chi connectivity index (χ1) is 8.43. The summed E-state index contributed by atoms with van der Waals surface area (Å²) in [5.74, 6) is -1.36. The molecular formula is C8H2BrF8NO. The van der Waals surface area contributed by atoms with E-state index in [-0.39, 0.29) is 6.20 Å². The van der Waals surface area contributed by atoms with E-state index in [0.717, 1.165) is 0 Å². The van der Waals surface area contributed by atoms with E-state index < -0.39 is 40.4 Å². The van der Waals surface area contributed by atoms with Crippen LogP contribution in [0.5, 0.6) is 5.75 Å². The molecule has 0 bridgehead atoms. The van der Waals surface area contributed by atoms with Crippen molar-refractivity contribution < 1.29 is 39.9 Å². The van der Waals surface area contributed by atoms with E-state index >= 15 is 0 Å². The molecule has 1 aromatic heterocycles. The number of pyridine rings is 1. The summed E-state index contributed by atoms with van der Waals surface area (Å²) in [5.41, 5.74) is -3.70. The highest BCUT2D eigenvalue weighted by atomic mass is 79.9. The topological polar surface area (TPSA) is 22.1 Å². The predicted molar refractivity (Wildman–Crippen MR) is 48.6 cm³/mol. The number of hydrogen-bond acceptors (Lipinski definition) is 2. The Kier molecular flexibility index (Phi) is 4.27. The second-order valence-corrected chi connectivity index (χ2v) is 3.84. The molecule has 0 aromatic carbocycles. The largest absolute Gasteiger partial charge is 0.573 e. The van der Waals surface area contributed by atoms with E-state index in [9.17, 15) is 35.1 Å². The van der Waals surface area contributed by atoms with Gasteiger partial charge in [-0.1, -0.05) is 0 Å². The zero-order valence-corrected chi connectivity index (χ0v) is 10.00. The molecule has 0 amide bonds. The van der Waals surface area contributed by atoms with Crippen LogP contribution >= 0.6 is 15.9 Å². The third-order valence-corrected chi connectivity index (χ3v) is 2.52. The number of aromatic nitrogens is 1. The molecule has 0 aliphatic carbocycles. The van der Waals surface area contributed by atoms with Gasteiger partial charge in [-0.3, -0.25) is 4.98 Å². The zero-order chi connectivity index (χ0) is 15.0. The van der Waals surface area contributed by atoms with Crippen molar-refractivity contribution in [1.29, 1.82) is 0 Å². The lowest BCUT2D eigenvalue weighted by molar-refractivity contribution is -0.275. The summed E-state index contributed by atoms with van der Waals surface area (Å²) < 4.78 is 100. The van der Waals surface area contributed by atoms with Gasteiger partial charge >= 0.3 is 12.5 Å². The number of rotatable bonds is 2. The van der Waals surface area contributed by atoms with Crippen molar-refractivity contribution in [2.45, 2.75) is 19.0 Å². The third-order valence-electron chi connectivity index (χ3n) is 1.73. The molecule has 0 unspecified atom stereocenters. The van der Waals surface area contributed by atoms with Crippen molar-refractivity contribution in [3.63, 3.8) is 0 Å². The summed E-state index contributed by atoms with van der Waals surface area (Å²) in [6.45, 7) is 0. The average molecular weight is 360 g/mol. The molecule has 0 radical (unpaired) electrons. The molecule has 2 nitrogen and oxygen atoms in total. The van der Waals surface area contributed by atoms with Gasteiger partial charge in [0.15, 0.2) is 5.75 Å². The van der Waals surface area contributed by atoms with Crippen LogP contribution in [0.15, 0.2) is 10.7 Å². The van der Waals surface area contributed by atoms with Crippen molar-refractivity contribution in [2.24, 2.45) is 0 Å². The molecule has 0 spiro atoms. The highest BCUT2D eigenvalue weighted by Gasteiger charge is 2.42. The molecule has 1 rings (SSSR count). The zero-order valence-electron chi connectivity index (χ0n) is 8.41. The van der Waals surface area contributed by atoms with Gasteiger partial charge in [0.05, 0.1) is 10.7 Å². The van der Waals surface area contributed by atoms with E-state index in [2.05, 4.69) is 25.7 Å². The van der Waals surface area contributed by atoms with E-state index in [1.807, 2.05) is 0 Å². The van der Waals surface area contributed by atoms with Crippen molar-refractivity contribution in [3.05, 3.63) is 21.9 Å². The van der Waals surface area contributed by atoms with Gasteiger partial charge in [0, 0.05) is 0 Å². The van der Waals surface area contributed by atoms with Crippen LogP contribution in [0.25, 0.3) is 0 Å². The van der Waals surface area contributed by atoms with Crippen LogP contribution in [0, 0.1) is 0 Å². The first kappa shape index (κ1) is 15.9. The van der Waals surface area contributed by atoms with Crippen LogP contribution < -0.4 is 4.74 Å². The molecule has 0 fully saturated rings. The van der Waals surface area contributed by atoms with Crippen molar-refractivity contribution >= 4 is 15.9 Å². The number of ether oxygens (including phenoxy) is 1. The molecular weight excluding hydrogens is 358 g/mol. The molecule has 0 aliphatic heterocycles. The molecule has 0 aliphatic rings. The highest BCUT2D eigenvalue weighted by molar-refractivity contribution is 9.10. The SMILES string of the molecule is FC(F)c1ncc(OC(F)(F)F)c(Br)c1C(F)(F)F. The number of nitrogens with zero attached hydrogens (tertiary/aromatic N) is 1. The van der Waals surface area contributed by atoms with E-state index in [1.165, 1.54) is 0 Å². The summed E-state index contributed by atoms with van der Waals surface area (Å²) in [7, 11) is 0. The maximum Gasteiger partial charge on any atom is 0.573 e. The fourth-order valence-corrected chi connectivity index (χ4v) is 1.73. The van der Waals surface area contributed by atoms with Gasteiger partial charge in [-0.15, -0.1) is 13.2 Å². The maximum absolute atomic E-state index is 12.5. The predicted octanol–water partition coefficient (Wildman–Crippen LogP) is 4.70. The normalized spacial score (nSPS) is 12.9. The number of halogens is 9. The fourth-order valence-electron chi connectivity index (χ4n) is 1.12. The summed E-state index contributed by atoms with van der Waals surface area (Å²) >= 11 is 2.17. The van der Waals surface area contributed by atoms with Gasteiger partial charge in [-0.2, -0.15) is 13.2 Å². The number of hydrogen-bond donors (Lipinski definition) is 0. The summed E-state index contributed by atoms with van der Waals surface area (Å²) in [6, 6.07) is 0. The highest BCUT2D eigenvalue weighted by Crippen LogP contribution is 2.44. The second kappa shape index (κ2) is 5.10. The van der Waals surface area contributed by atoms with Crippen LogP contribution in [-0.2, 0) is 6.18 Å². The van der Waals surface area contributed by atoms with E-state index in [0.29, 0.717) is 0 Å². The smallest absolute Gasteiger partial charge is 0.403 e. The molecule has 108 valence electrons. The molecule has 0 saturated carbocycles. The Balaban J connectivity index is 3.43. The Morgan fingerprint density at radius 3 is 2.00 bits per heavy atom. The Morgan fingerprint density at radius 1 is 1.11 bits per heavy atom. The maximum atomic E-state index is 12.5. The van der Waals surface area contributed by atoms with Gasteiger partial charge in [0.1, 0.15) is 11.3 Å². The molecule has 19 heavy (non-hydrogen) atoms. The Hall–Kier alpha value is -1.13. The van der Waals surface area contributed by atoms with E-state index in [1.54, 1.807) is 0 Å². The van der Waals surface area contributed by atoms with Crippen molar-refractivity contribution in [3.8, 4) is 5.75 Å². The first-order valence-electron chi connectivity index (χ1n) is 4.23. The Morgan fingerprint density at radius 2 is 1.63 bits per heavy atom. The minimum Gasteiger partial charge on any atom is -0.403 e. The van der Waals surface area contributed by atoms with Crippen LogP contribution in [0.1, 0.15) is 17.7 Å². The standard InChI is InChI=1S/C8H2BrF8NO/c9-4-2(19-8(15,16)17)1-18-5(6(10)11)3(4)7(12,13)14/h1,6H. The number of alkyl halides is 8. The lowest BCUT2D eigenvalue weighted by Gasteiger charge is -2.17. The fraction of sp³-hybridized carbons (Fsp3) is 0.375. The molecule has 1 aromatic rings. The monoisotopic (exact) mass is 359 g/mol. The summed E-state index contributed by atoms with van der Waals surface area (Å²) in [4.78, 5) is 2.66. The van der Waals surface area contributed by atoms with E-state index in [4.69, 9.17) is 0 Å². The first-order valence-corrected chi connectivity index (χ1v) is 5.02. The van der Waals surface area contributed by atoms with Crippen molar-refractivity contribution in [2.75, 3.05) is 0 Å². The molecule has 0 saturated heterocycles. The lowest BCUT2D eigenvalue weighted by Crippen LogP contribution is -2.20. The summed E-state index contributed by atoms with van der Waals surface area (Å²) in [6.07, 6.45) is -14.1. The van der Waals surface area contributed by atoms with Crippen LogP contribution in [0.3, 0.4) is 0 Å². The van der Waals surface area contributed by atoms with Crippen LogP contribution in [0.2, 0.25) is 0 Å². The van der Waals surface area contributed by atoms with Gasteiger partial charge in [0.25, 0.3) is 6.43 Å². The van der Waals surface area contributed by atoms with Crippen LogP contribution in [0.4, 0.5) is 35.1 Å².